The standard InChI is InChI=1S/C15H22BrFN2/c1-10-8-18-14(15(2,3)4)9-19(10)11-5-6-12(16)13(17)7-11/h5-7,10,14,18H,8-9H2,1-4H3. The van der Waals surface area contributed by atoms with Crippen molar-refractivity contribution < 1.29 is 4.39 Å². The number of hydrogen-bond acceptors (Lipinski definition) is 2. The van der Waals surface area contributed by atoms with Crippen LogP contribution in [0.5, 0.6) is 0 Å². The molecule has 2 atom stereocenters. The van der Waals surface area contributed by atoms with Crippen molar-refractivity contribution in [2.24, 2.45) is 5.41 Å². The van der Waals surface area contributed by atoms with Gasteiger partial charge in [-0.05, 0) is 46.5 Å². The summed E-state index contributed by atoms with van der Waals surface area (Å²) in [5, 5.41) is 3.59. The van der Waals surface area contributed by atoms with Gasteiger partial charge in [0.15, 0.2) is 0 Å². The molecule has 1 aromatic rings. The zero-order chi connectivity index (χ0) is 14.2. The van der Waals surface area contributed by atoms with Crippen LogP contribution in [0, 0.1) is 11.2 Å². The van der Waals surface area contributed by atoms with Crippen LogP contribution >= 0.6 is 15.9 Å². The third-order valence-corrected chi connectivity index (χ3v) is 4.49. The Balaban J connectivity index is 2.23. The number of hydrogen-bond donors (Lipinski definition) is 1. The molecule has 1 aliphatic rings. The fourth-order valence-electron chi connectivity index (χ4n) is 2.47. The molecule has 1 heterocycles. The van der Waals surface area contributed by atoms with Gasteiger partial charge in [0.05, 0.1) is 4.47 Å². The van der Waals surface area contributed by atoms with Gasteiger partial charge in [0.1, 0.15) is 5.82 Å². The summed E-state index contributed by atoms with van der Waals surface area (Å²) >= 11 is 3.21. The molecule has 2 unspecified atom stereocenters. The van der Waals surface area contributed by atoms with Crippen LogP contribution in [-0.4, -0.2) is 25.2 Å². The number of benzene rings is 1. The third kappa shape index (κ3) is 3.29. The number of halogens is 2. The lowest BCUT2D eigenvalue weighted by molar-refractivity contribution is 0.239. The molecule has 2 nitrogen and oxygen atoms in total. The molecule has 1 aromatic carbocycles. The van der Waals surface area contributed by atoms with E-state index in [1.807, 2.05) is 6.07 Å². The Hall–Kier alpha value is -0.610. The first-order valence-corrected chi connectivity index (χ1v) is 7.53. The van der Waals surface area contributed by atoms with Crippen LogP contribution in [0.1, 0.15) is 27.7 Å². The fourth-order valence-corrected chi connectivity index (χ4v) is 2.71. The Morgan fingerprint density at radius 1 is 1.37 bits per heavy atom. The zero-order valence-electron chi connectivity index (χ0n) is 12.0. The van der Waals surface area contributed by atoms with Crippen LogP contribution in [-0.2, 0) is 0 Å². The van der Waals surface area contributed by atoms with E-state index in [-0.39, 0.29) is 11.2 Å². The molecular weight excluding hydrogens is 307 g/mol. The van der Waals surface area contributed by atoms with Gasteiger partial charge in [0.2, 0.25) is 0 Å². The van der Waals surface area contributed by atoms with Crippen LogP contribution in [0.15, 0.2) is 22.7 Å². The van der Waals surface area contributed by atoms with E-state index in [4.69, 9.17) is 0 Å². The maximum absolute atomic E-state index is 13.7. The Morgan fingerprint density at radius 3 is 2.63 bits per heavy atom. The monoisotopic (exact) mass is 328 g/mol. The summed E-state index contributed by atoms with van der Waals surface area (Å²) in [5.74, 6) is -0.199. The molecule has 2 rings (SSSR count). The molecule has 0 spiro atoms. The van der Waals surface area contributed by atoms with Crippen molar-refractivity contribution in [3.8, 4) is 0 Å². The fraction of sp³-hybridized carbons (Fsp3) is 0.600. The summed E-state index contributed by atoms with van der Waals surface area (Å²) in [4.78, 5) is 2.29. The first kappa shape index (κ1) is 14.8. The average molecular weight is 329 g/mol. The van der Waals surface area contributed by atoms with Gasteiger partial charge in [-0.2, -0.15) is 0 Å². The number of rotatable bonds is 1. The topological polar surface area (TPSA) is 15.3 Å². The van der Waals surface area contributed by atoms with Crippen LogP contribution < -0.4 is 10.2 Å². The Labute approximate surface area is 123 Å². The van der Waals surface area contributed by atoms with Gasteiger partial charge in [-0.1, -0.05) is 20.8 Å². The highest BCUT2D eigenvalue weighted by atomic mass is 79.9. The second kappa shape index (κ2) is 5.41. The van der Waals surface area contributed by atoms with Gasteiger partial charge in [-0.25, -0.2) is 4.39 Å². The molecular formula is C15H22BrFN2. The SMILES string of the molecule is CC1CNC(C(C)(C)C)CN1c1ccc(Br)c(F)c1. The average Bonchev–Trinajstić information content (AvgIpc) is 2.32. The van der Waals surface area contributed by atoms with E-state index in [1.54, 1.807) is 12.1 Å². The van der Waals surface area contributed by atoms with Crippen LogP contribution in [0.2, 0.25) is 0 Å². The van der Waals surface area contributed by atoms with Gasteiger partial charge < -0.3 is 10.2 Å². The minimum absolute atomic E-state index is 0.199. The maximum atomic E-state index is 13.7. The van der Waals surface area contributed by atoms with E-state index >= 15 is 0 Å². The molecule has 0 saturated carbocycles. The second-order valence-electron chi connectivity index (χ2n) is 6.43. The van der Waals surface area contributed by atoms with Crippen molar-refractivity contribution >= 4 is 21.6 Å². The summed E-state index contributed by atoms with van der Waals surface area (Å²) in [6, 6.07) is 6.17. The van der Waals surface area contributed by atoms with Crippen molar-refractivity contribution in [2.45, 2.75) is 39.8 Å². The molecule has 0 amide bonds. The molecule has 1 saturated heterocycles. The van der Waals surface area contributed by atoms with Crippen LogP contribution in [0.3, 0.4) is 0 Å². The normalized spacial score (nSPS) is 24.6. The molecule has 0 radical (unpaired) electrons. The molecule has 1 N–H and O–H groups in total. The first-order chi connectivity index (χ1) is 8.79. The number of nitrogens with one attached hydrogen (secondary N) is 1. The molecule has 106 valence electrons. The van der Waals surface area contributed by atoms with Crippen molar-refractivity contribution in [2.75, 3.05) is 18.0 Å². The highest BCUT2D eigenvalue weighted by Crippen LogP contribution is 2.29. The zero-order valence-corrected chi connectivity index (χ0v) is 13.6. The predicted molar refractivity (Wildman–Crippen MR) is 82.2 cm³/mol. The van der Waals surface area contributed by atoms with Gasteiger partial charge >= 0.3 is 0 Å². The Kier molecular flexibility index (Phi) is 4.21. The molecule has 0 aliphatic carbocycles. The highest BCUT2D eigenvalue weighted by Gasteiger charge is 2.32. The van der Waals surface area contributed by atoms with E-state index < -0.39 is 0 Å². The maximum Gasteiger partial charge on any atom is 0.139 e. The minimum atomic E-state index is -0.199. The van der Waals surface area contributed by atoms with Crippen molar-refractivity contribution in [1.29, 1.82) is 0 Å². The molecule has 1 aliphatic heterocycles. The lowest BCUT2D eigenvalue weighted by atomic mass is 9.84. The van der Waals surface area contributed by atoms with Crippen LogP contribution in [0.25, 0.3) is 0 Å². The number of anilines is 1. The van der Waals surface area contributed by atoms with E-state index in [0.29, 0.717) is 16.6 Å². The lowest BCUT2D eigenvalue weighted by Crippen LogP contribution is -2.59. The van der Waals surface area contributed by atoms with Gasteiger partial charge in [-0.15, -0.1) is 0 Å². The van der Waals surface area contributed by atoms with Gasteiger partial charge in [0, 0.05) is 30.9 Å². The molecule has 4 heteroatoms. The van der Waals surface area contributed by atoms with Gasteiger partial charge in [-0.3, -0.25) is 0 Å². The van der Waals surface area contributed by atoms with Crippen molar-refractivity contribution in [3.05, 3.63) is 28.5 Å². The molecule has 0 aromatic heterocycles. The van der Waals surface area contributed by atoms with Crippen molar-refractivity contribution in [1.82, 2.24) is 5.32 Å². The van der Waals surface area contributed by atoms with E-state index in [1.165, 1.54) is 0 Å². The largest absolute Gasteiger partial charge is 0.366 e. The van der Waals surface area contributed by atoms with Gasteiger partial charge in [0.25, 0.3) is 0 Å². The highest BCUT2D eigenvalue weighted by molar-refractivity contribution is 9.10. The summed E-state index contributed by atoms with van der Waals surface area (Å²) < 4.78 is 14.2. The second-order valence-corrected chi connectivity index (χ2v) is 7.28. The summed E-state index contributed by atoms with van der Waals surface area (Å²) in [6.45, 7) is 10.7. The number of piperazine rings is 1. The van der Waals surface area contributed by atoms with Crippen LogP contribution in [0.4, 0.5) is 10.1 Å². The number of nitrogens with zero attached hydrogens (tertiary/aromatic N) is 1. The predicted octanol–water partition coefficient (Wildman–Crippen LogP) is 3.80. The van der Waals surface area contributed by atoms with E-state index in [2.05, 4.69) is 53.8 Å². The minimum Gasteiger partial charge on any atom is -0.366 e. The molecule has 0 bridgehead atoms. The third-order valence-electron chi connectivity index (χ3n) is 3.85. The smallest absolute Gasteiger partial charge is 0.139 e. The van der Waals surface area contributed by atoms with Crippen molar-refractivity contribution in [3.63, 3.8) is 0 Å². The molecule has 1 fully saturated rings. The summed E-state index contributed by atoms with van der Waals surface area (Å²) in [5.41, 5.74) is 1.16. The first-order valence-electron chi connectivity index (χ1n) is 6.74. The quantitative estimate of drug-likeness (QED) is 0.843. The Bertz CT molecular complexity index is 456. The summed E-state index contributed by atoms with van der Waals surface area (Å²) in [7, 11) is 0. The lowest BCUT2D eigenvalue weighted by Gasteiger charge is -2.45. The summed E-state index contributed by atoms with van der Waals surface area (Å²) in [6.07, 6.45) is 0. The van der Waals surface area contributed by atoms with E-state index in [9.17, 15) is 4.39 Å². The van der Waals surface area contributed by atoms with E-state index in [0.717, 1.165) is 18.8 Å². The Morgan fingerprint density at radius 2 is 2.05 bits per heavy atom. The molecule has 19 heavy (non-hydrogen) atoms.